The second-order valence-electron chi connectivity index (χ2n) is 7.19. The van der Waals surface area contributed by atoms with Crippen LogP contribution in [0.2, 0.25) is 0 Å². The van der Waals surface area contributed by atoms with Crippen molar-refractivity contribution in [3.8, 4) is 6.07 Å². The summed E-state index contributed by atoms with van der Waals surface area (Å²) in [5.41, 5.74) is 0.583. The van der Waals surface area contributed by atoms with Crippen molar-refractivity contribution in [2.45, 2.75) is 57.9 Å². The zero-order valence-corrected chi connectivity index (χ0v) is 15.2. The molecule has 25 heavy (non-hydrogen) atoms. The summed E-state index contributed by atoms with van der Waals surface area (Å²) in [5, 5.41) is 8.87. The molecule has 5 heteroatoms. The van der Waals surface area contributed by atoms with E-state index >= 15 is 0 Å². The van der Waals surface area contributed by atoms with Gasteiger partial charge in [0.1, 0.15) is 11.9 Å². The van der Waals surface area contributed by atoms with Crippen molar-refractivity contribution in [3.63, 3.8) is 0 Å². The molecule has 0 aromatic carbocycles. The molecule has 0 N–H and O–H groups in total. The molecule has 1 aromatic rings. The van der Waals surface area contributed by atoms with Crippen LogP contribution in [-0.2, 0) is 4.79 Å². The van der Waals surface area contributed by atoms with Crippen molar-refractivity contribution in [1.29, 1.82) is 5.26 Å². The molecule has 1 aliphatic heterocycles. The molecule has 1 aromatic heterocycles. The van der Waals surface area contributed by atoms with Crippen molar-refractivity contribution in [2.75, 3.05) is 24.5 Å². The predicted octanol–water partition coefficient (Wildman–Crippen LogP) is 3.35. The SMILES string of the molecule is CCN(C(=O)C1CCN(c2ccc(C#N)cn2)CC1)C1CCCCC1. The van der Waals surface area contributed by atoms with Gasteiger partial charge in [-0.3, -0.25) is 4.79 Å². The van der Waals surface area contributed by atoms with E-state index < -0.39 is 0 Å². The number of amides is 1. The molecular weight excluding hydrogens is 312 g/mol. The molecule has 2 heterocycles. The molecule has 2 aliphatic rings. The average molecular weight is 340 g/mol. The maximum atomic E-state index is 13.0. The minimum atomic E-state index is 0.150. The van der Waals surface area contributed by atoms with Crippen LogP contribution in [0.4, 0.5) is 5.82 Å². The summed E-state index contributed by atoms with van der Waals surface area (Å²) in [6.45, 7) is 4.66. The lowest BCUT2D eigenvalue weighted by Gasteiger charge is -2.38. The zero-order valence-electron chi connectivity index (χ0n) is 15.2. The topological polar surface area (TPSA) is 60.2 Å². The first-order valence-electron chi connectivity index (χ1n) is 9.64. The number of carbonyl (C=O) groups is 1. The first-order valence-corrected chi connectivity index (χ1v) is 9.64. The molecule has 0 spiro atoms. The van der Waals surface area contributed by atoms with Crippen LogP contribution in [-0.4, -0.2) is 41.5 Å². The first-order chi connectivity index (χ1) is 12.2. The highest BCUT2D eigenvalue weighted by Crippen LogP contribution is 2.28. The largest absolute Gasteiger partial charge is 0.357 e. The summed E-state index contributed by atoms with van der Waals surface area (Å²) >= 11 is 0. The average Bonchev–Trinajstić information content (AvgIpc) is 2.69. The smallest absolute Gasteiger partial charge is 0.226 e. The summed E-state index contributed by atoms with van der Waals surface area (Å²) in [6.07, 6.45) is 9.59. The summed E-state index contributed by atoms with van der Waals surface area (Å²) in [7, 11) is 0. The molecule has 1 saturated carbocycles. The van der Waals surface area contributed by atoms with Gasteiger partial charge in [-0.1, -0.05) is 19.3 Å². The molecule has 3 rings (SSSR count). The molecule has 1 aliphatic carbocycles. The van der Waals surface area contributed by atoms with Crippen LogP contribution in [0.3, 0.4) is 0 Å². The fraction of sp³-hybridized carbons (Fsp3) is 0.650. The van der Waals surface area contributed by atoms with Crippen molar-refractivity contribution in [1.82, 2.24) is 9.88 Å². The lowest BCUT2D eigenvalue weighted by Crippen LogP contribution is -2.47. The number of pyridine rings is 1. The van der Waals surface area contributed by atoms with Gasteiger partial charge in [0.25, 0.3) is 0 Å². The lowest BCUT2D eigenvalue weighted by molar-refractivity contribution is -0.139. The number of nitrogens with zero attached hydrogens (tertiary/aromatic N) is 4. The molecule has 5 nitrogen and oxygen atoms in total. The Morgan fingerprint density at radius 2 is 1.96 bits per heavy atom. The van der Waals surface area contributed by atoms with Gasteiger partial charge < -0.3 is 9.80 Å². The first kappa shape index (κ1) is 17.7. The third-order valence-electron chi connectivity index (χ3n) is 5.68. The van der Waals surface area contributed by atoms with Gasteiger partial charge in [0.05, 0.1) is 5.56 Å². The van der Waals surface area contributed by atoms with Gasteiger partial charge >= 0.3 is 0 Å². The maximum Gasteiger partial charge on any atom is 0.226 e. The Balaban J connectivity index is 1.57. The fourth-order valence-electron chi connectivity index (χ4n) is 4.22. The van der Waals surface area contributed by atoms with Crippen LogP contribution in [0.1, 0.15) is 57.4 Å². The highest BCUT2D eigenvalue weighted by atomic mass is 16.2. The summed E-state index contributed by atoms with van der Waals surface area (Å²) in [5.74, 6) is 1.42. The number of hydrogen-bond acceptors (Lipinski definition) is 4. The lowest BCUT2D eigenvalue weighted by atomic mass is 9.90. The number of anilines is 1. The van der Waals surface area contributed by atoms with E-state index in [0.29, 0.717) is 17.5 Å². The molecule has 1 saturated heterocycles. The van der Waals surface area contributed by atoms with Crippen LogP contribution < -0.4 is 4.90 Å². The molecule has 0 atom stereocenters. The van der Waals surface area contributed by atoms with E-state index in [4.69, 9.17) is 5.26 Å². The molecule has 134 valence electrons. The quantitative estimate of drug-likeness (QED) is 0.843. The second kappa shape index (κ2) is 8.33. The highest BCUT2D eigenvalue weighted by Gasteiger charge is 2.32. The molecular formula is C20H28N4O. The van der Waals surface area contributed by atoms with Crippen molar-refractivity contribution in [2.24, 2.45) is 5.92 Å². The van der Waals surface area contributed by atoms with Gasteiger partial charge in [-0.25, -0.2) is 4.98 Å². The summed E-state index contributed by atoms with van der Waals surface area (Å²) in [4.78, 5) is 21.8. The number of aromatic nitrogens is 1. The molecule has 1 amide bonds. The van der Waals surface area contributed by atoms with Crippen molar-refractivity contribution >= 4 is 11.7 Å². The van der Waals surface area contributed by atoms with Gasteiger partial charge in [0, 0.05) is 37.8 Å². The monoisotopic (exact) mass is 340 g/mol. The summed E-state index contributed by atoms with van der Waals surface area (Å²) in [6, 6.07) is 6.27. The van der Waals surface area contributed by atoms with E-state index in [2.05, 4.69) is 27.8 Å². The predicted molar refractivity (Wildman–Crippen MR) is 98.1 cm³/mol. The number of piperidine rings is 1. The molecule has 0 unspecified atom stereocenters. The van der Waals surface area contributed by atoms with E-state index in [1.54, 1.807) is 6.20 Å². The third kappa shape index (κ3) is 4.12. The normalized spacial score (nSPS) is 19.4. The molecule has 2 fully saturated rings. The van der Waals surface area contributed by atoms with Gasteiger partial charge in [-0.2, -0.15) is 5.26 Å². The van der Waals surface area contributed by atoms with Crippen molar-refractivity contribution < 1.29 is 4.79 Å². The molecule has 0 bridgehead atoms. The Labute approximate surface area is 150 Å². The number of hydrogen-bond donors (Lipinski definition) is 0. The number of carbonyl (C=O) groups excluding carboxylic acids is 1. The van der Waals surface area contributed by atoms with Crippen LogP contribution in [0.15, 0.2) is 18.3 Å². The van der Waals surface area contributed by atoms with E-state index in [1.807, 2.05) is 12.1 Å². The van der Waals surface area contributed by atoms with Gasteiger partial charge in [0.2, 0.25) is 5.91 Å². The van der Waals surface area contributed by atoms with Crippen LogP contribution >= 0.6 is 0 Å². The van der Waals surface area contributed by atoms with Gasteiger partial charge in [0.15, 0.2) is 0 Å². The Bertz CT molecular complexity index is 608. The van der Waals surface area contributed by atoms with E-state index in [-0.39, 0.29) is 5.92 Å². The van der Waals surface area contributed by atoms with Gasteiger partial charge in [-0.05, 0) is 44.7 Å². The summed E-state index contributed by atoms with van der Waals surface area (Å²) < 4.78 is 0. The van der Waals surface area contributed by atoms with E-state index in [1.165, 1.54) is 32.1 Å². The van der Waals surface area contributed by atoms with Gasteiger partial charge in [-0.15, -0.1) is 0 Å². The van der Waals surface area contributed by atoms with Crippen molar-refractivity contribution in [3.05, 3.63) is 23.9 Å². The Morgan fingerprint density at radius 3 is 2.52 bits per heavy atom. The Morgan fingerprint density at radius 1 is 1.24 bits per heavy atom. The second-order valence-corrected chi connectivity index (χ2v) is 7.19. The van der Waals surface area contributed by atoms with Crippen LogP contribution in [0.25, 0.3) is 0 Å². The van der Waals surface area contributed by atoms with E-state index in [9.17, 15) is 4.79 Å². The Hall–Kier alpha value is -2.09. The Kier molecular flexibility index (Phi) is 5.91. The minimum Gasteiger partial charge on any atom is -0.357 e. The van der Waals surface area contributed by atoms with Crippen LogP contribution in [0, 0.1) is 17.2 Å². The molecule has 0 radical (unpaired) electrons. The standard InChI is InChI=1S/C20H28N4O/c1-2-24(18-6-4-3-5-7-18)20(25)17-10-12-23(13-11-17)19-9-8-16(14-21)15-22-19/h8-9,15,17-18H,2-7,10-13H2,1H3. The minimum absolute atomic E-state index is 0.150. The van der Waals surface area contributed by atoms with E-state index in [0.717, 1.165) is 38.3 Å². The highest BCUT2D eigenvalue weighted by molar-refractivity contribution is 5.79. The maximum absolute atomic E-state index is 13.0. The number of rotatable bonds is 4. The third-order valence-corrected chi connectivity index (χ3v) is 5.68. The zero-order chi connectivity index (χ0) is 17.6. The number of nitriles is 1. The van der Waals surface area contributed by atoms with Crippen LogP contribution in [0.5, 0.6) is 0 Å². The fourth-order valence-corrected chi connectivity index (χ4v) is 4.22.